The Morgan fingerprint density at radius 3 is 2.34 bits per heavy atom. The monoisotopic (exact) mass is 397 g/mol. The highest BCUT2D eigenvalue weighted by atomic mass is 16.6. The maximum Gasteiger partial charge on any atom is 0.412 e. The van der Waals surface area contributed by atoms with E-state index in [1.807, 2.05) is 6.07 Å². The Labute approximate surface area is 166 Å². The first kappa shape index (κ1) is 21.4. The van der Waals surface area contributed by atoms with Gasteiger partial charge in [0, 0.05) is 18.9 Å². The van der Waals surface area contributed by atoms with Crippen molar-refractivity contribution < 1.29 is 29.4 Å². The highest BCUT2D eigenvalue weighted by Gasteiger charge is 2.26. The van der Waals surface area contributed by atoms with Gasteiger partial charge in [-0.2, -0.15) is 5.26 Å². The van der Waals surface area contributed by atoms with Crippen molar-refractivity contribution in [1.29, 1.82) is 5.26 Å². The normalized spacial score (nSPS) is 12.6. The van der Waals surface area contributed by atoms with Crippen molar-refractivity contribution in [2.24, 2.45) is 0 Å². The molecule has 0 bridgehead atoms. The van der Waals surface area contributed by atoms with Crippen molar-refractivity contribution in [3.63, 3.8) is 0 Å². The molecule has 2 aromatic carbocycles. The molecule has 9 nitrogen and oxygen atoms in total. The molecule has 9 heteroatoms. The number of benzene rings is 2. The van der Waals surface area contributed by atoms with Crippen LogP contribution in [0.3, 0.4) is 0 Å². The van der Waals surface area contributed by atoms with Crippen LogP contribution in [0.5, 0.6) is 5.75 Å². The van der Waals surface area contributed by atoms with Crippen LogP contribution in [-0.2, 0) is 14.3 Å². The van der Waals surface area contributed by atoms with E-state index >= 15 is 0 Å². The summed E-state index contributed by atoms with van der Waals surface area (Å²) in [6.45, 7) is 0. The zero-order chi connectivity index (χ0) is 21.2. The smallest absolute Gasteiger partial charge is 0.412 e. The molecular formula is C20H19N3O6. The number of hydrogen-bond donors (Lipinski definition) is 4. The van der Waals surface area contributed by atoms with Crippen LogP contribution in [0.2, 0.25) is 0 Å². The Balaban J connectivity index is 2.22. The largest absolute Gasteiger partial charge is 0.508 e. The molecule has 0 aliphatic carbocycles. The summed E-state index contributed by atoms with van der Waals surface area (Å²) in [6.07, 6.45) is -0.290. The number of anilines is 1. The van der Waals surface area contributed by atoms with Crippen LogP contribution in [0.25, 0.3) is 0 Å². The van der Waals surface area contributed by atoms with Crippen molar-refractivity contribution >= 4 is 17.7 Å². The Morgan fingerprint density at radius 2 is 1.79 bits per heavy atom. The van der Waals surface area contributed by atoms with Crippen LogP contribution in [0.15, 0.2) is 60.7 Å². The molecule has 0 spiro atoms. The van der Waals surface area contributed by atoms with Gasteiger partial charge < -0.3 is 14.6 Å². The minimum atomic E-state index is -0.971. The maximum atomic E-state index is 12.4. The number of hydroxylamine groups is 1. The standard InChI is InChI=1S/C20H19N3O6/c1-28-17(10-11-18(25)23-27)19(14-4-8-16(24)9-5-14)29-20(26)22-15-6-2-13(12-21)3-7-15/h2-11,17,19,24,27H,1H3,(H,22,26)(H,23,25)/b11-10+/t17-,19-/m1/s1. The van der Waals surface area contributed by atoms with Gasteiger partial charge >= 0.3 is 6.09 Å². The summed E-state index contributed by atoms with van der Waals surface area (Å²) in [5.41, 5.74) is 2.82. The van der Waals surface area contributed by atoms with Crippen LogP contribution in [0.4, 0.5) is 10.5 Å². The molecule has 0 aliphatic rings. The lowest BCUT2D eigenvalue weighted by Crippen LogP contribution is -2.27. The molecule has 0 heterocycles. The number of nitrogens with one attached hydrogen (secondary N) is 2. The lowest BCUT2D eigenvalue weighted by Gasteiger charge is -2.24. The molecule has 2 amide bonds. The van der Waals surface area contributed by atoms with Gasteiger partial charge in [0.2, 0.25) is 0 Å². The first-order valence-electron chi connectivity index (χ1n) is 8.38. The van der Waals surface area contributed by atoms with Crippen molar-refractivity contribution in [3.05, 3.63) is 71.8 Å². The predicted molar refractivity (Wildman–Crippen MR) is 102 cm³/mol. The van der Waals surface area contributed by atoms with Gasteiger partial charge in [-0.3, -0.25) is 15.3 Å². The van der Waals surface area contributed by atoms with Crippen LogP contribution in [0, 0.1) is 11.3 Å². The number of nitriles is 1. The number of phenols is 1. The number of hydrogen-bond acceptors (Lipinski definition) is 7. The van der Waals surface area contributed by atoms with E-state index < -0.39 is 24.2 Å². The van der Waals surface area contributed by atoms with E-state index in [9.17, 15) is 14.7 Å². The number of nitrogens with zero attached hydrogens (tertiary/aromatic N) is 1. The summed E-state index contributed by atoms with van der Waals surface area (Å²) in [5.74, 6) is -0.753. The number of ether oxygens (including phenoxy) is 2. The molecule has 29 heavy (non-hydrogen) atoms. The third kappa shape index (κ3) is 6.35. The molecule has 0 saturated heterocycles. The van der Waals surface area contributed by atoms with E-state index in [0.29, 0.717) is 16.8 Å². The number of carbonyl (C=O) groups is 2. The second kappa shape index (κ2) is 10.5. The molecule has 0 unspecified atom stereocenters. The van der Waals surface area contributed by atoms with Gasteiger partial charge in [0.05, 0.1) is 11.6 Å². The minimum Gasteiger partial charge on any atom is -0.508 e. The van der Waals surface area contributed by atoms with Crippen molar-refractivity contribution in [3.8, 4) is 11.8 Å². The van der Waals surface area contributed by atoms with E-state index in [1.54, 1.807) is 36.4 Å². The highest BCUT2D eigenvalue weighted by molar-refractivity contribution is 5.86. The fraction of sp³-hybridized carbons (Fsp3) is 0.150. The van der Waals surface area contributed by atoms with Crippen LogP contribution in [-0.4, -0.2) is 35.5 Å². The number of carbonyl (C=O) groups excluding carboxylic acids is 2. The van der Waals surface area contributed by atoms with E-state index in [-0.39, 0.29) is 5.75 Å². The predicted octanol–water partition coefficient (Wildman–Crippen LogP) is 2.63. The molecule has 0 aromatic heterocycles. The second-order valence-corrected chi connectivity index (χ2v) is 5.77. The third-order valence-electron chi connectivity index (χ3n) is 3.83. The fourth-order valence-electron chi connectivity index (χ4n) is 2.40. The fourth-order valence-corrected chi connectivity index (χ4v) is 2.40. The highest BCUT2D eigenvalue weighted by Crippen LogP contribution is 2.27. The number of amides is 2. The maximum absolute atomic E-state index is 12.4. The van der Waals surface area contributed by atoms with E-state index in [4.69, 9.17) is 19.9 Å². The Morgan fingerprint density at radius 1 is 1.14 bits per heavy atom. The zero-order valence-corrected chi connectivity index (χ0v) is 15.4. The van der Waals surface area contributed by atoms with Crippen LogP contribution in [0.1, 0.15) is 17.2 Å². The van der Waals surface area contributed by atoms with Gasteiger partial charge in [0.25, 0.3) is 5.91 Å². The van der Waals surface area contributed by atoms with Crippen molar-refractivity contribution in [2.75, 3.05) is 12.4 Å². The van der Waals surface area contributed by atoms with E-state index in [2.05, 4.69) is 5.32 Å². The van der Waals surface area contributed by atoms with Gasteiger partial charge in [0.1, 0.15) is 11.9 Å². The first-order valence-corrected chi connectivity index (χ1v) is 8.38. The number of methoxy groups -OCH3 is 1. The van der Waals surface area contributed by atoms with Gasteiger partial charge in [-0.05, 0) is 48.0 Å². The second-order valence-electron chi connectivity index (χ2n) is 5.77. The van der Waals surface area contributed by atoms with Gasteiger partial charge in [-0.15, -0.1) is 0 Å². The van der Waals surface area contributed by atoms with E-state index in [1.165, 1.54) is 30.8 Å². The molecule has 0 saturated carbocycles. The summed E-state index contributed by atoms with van der Waals surface area (Å²) in [4.78, 5) is 23.7. The van der Waals surface area contributed by atoms with Gasteiger partial charge in [-0.1, -0.05) is 12.1 Å². The lowest BCUT2D eigenvalue weighted by molar-refractivity contribution is -0.124. The van der Waals surface area contributed by atoms with E-state index in [0.717, 1.165) is 6.08 Å². The average Bonchev–Trinajstić information content (AvgIpc) is 2.74. The summed E-state index contributed by atoms with van der Waals surface area (Å²) in [6, 6.07) is 14.1. The van der Waals surface area contributed by atoms with Crippen LogP contribution >= 0.6 is 0 Å². The molecular weight excluding hydrogens is 378 g/mol. The Hall–Kier alpha value is -3.87. The van der Waals surface area contributed by atoms with Gasteiger partial charge in [0.15, 0.2) is 6.10 Å². The number of phenolic OH excluding ortho intramolecular Hbond substituents is 1. The van der Waals surface area contributed by atoms with Crippen molar-refractivity contribution in [1.82, 2.24) is 5.48 Å². The Kier molecular flexibility index (Phi) is 7.73. The first-order chi connectivity index (χ1) is 14.0. The quantitative estimate of drug-likeness (QED) is 0.320. The minimum absolute atomic E-state index is 0.0266. The average molecular weight is 397 g/mol. The van der Waals surface area contributed by atoms with Gasteiger partial charge in [-0.25, -0.2) is 10.3 Å². The molecule has 0 radical (unpaired) electrons. The summed E-state index contributed by atoms with van der Waals surface area (Å²) in [7, 11) is 1.36. The lowest BCUT2D eigenvalue weighted by atomic mass is 10.0. The summed E-state index contributed by atoms with van der Waals surface area (Å²) in [5, 5.41) is 29.5. The molecule has 4 N–H and O–H groups in total. The molecule has 150 valence electrons. The number of rotatable bonds is 7. The SMILES string of the molecule is CO[C@H](/C=C/C(=O)NO)[C@H](OC(=O)Nc1ccc(C#N)cc1)c1ccc(O)cc1. The van der Waals surface area contributed by atoms with Crippen molar-refractivity contribution in [2.45, 2.75) is 12.2 Å². The zero-order valence-electron chi connectivity index (χ0n) is 15.4. The third-order valence-corrected chi connectivity index (χ3v) is 3.83. The Bertz CT molecular complexity index is 903. The molecule has 2 atom stereocenters. The molecule has 0 fully saturated rings. The summed E-state index contributed by atoms with van der Waals surface area (Å²) < 4.78 is 10.8. The van der Waals surface area contributed by atoms with Crippen LogP contribution < -0.4 is 10.8 Å². The molecule has 0 aliphatic heterocycles. The topological polar surface area (TPSA) is 141 Å². The molecule has 2 rings (SSSR count). The number of aromatic hydroxyl groups is 1. The molecule has 2 aromatic rings. The summed E-state index contributed by atoms with van der Waals surface area (Å²) >= 11 is 0.